The normalized spacial score (nSPS) is 20.7. The molecule has 0 bridgehead atoms. The minimum Gasteiger partial charge on any atom is -0.497 e. The zero-order chi connectivity index (χ0) is 18.2. The molecular formula is C18H22N2O4S. The molecule has 1 aliphatic heterocycles. The summed E-state index contributed by atoms with van der Waals surface area (Å²) in [5.74, 6) is 0.519. The molecule has 7 heteroatoms. The highest BCUT2D eigenvalue weighted by Gasteiger charge is 2.34. The fourth-order valence-electron chi connectivity index (χ4n) is 2.98. The topological polar surface area (TPSA) is 92.9 Å². The molecule has 3 rings (SSSR count). The Hall–Kier alpha value is -2.09. The summed E-state index contributed by atoms with van der Waals surface area (Å²) in [5, 5.41) is 10.5. The second-order valence-electron chi connectivity index (χ2n) is 6.21. The Labute approximate surface area is 147 Å². The van der Waals surface area contributed by atoms with Crippen molar-refractivity contribution in [2.24, 2.45) is 5.73 Å². The maximum atomic E-state index is 13.2. The Balaban J connectivity index is 2.15. The van der Waals surface area contributed by atoms with Crippen molar-refractivity contribution in [3.8, 4) is 5.75 Å². The van der Waals surface area contributed by atoms with Crippen LogP contribution in [0.25, 0.3) is 0 Å². The van der Waals surface area contributed by atoms with Crippen LogP contribution in [0.3, 0.4) is 0 Å². The predicted octanol–water partition coefficient (Wildman–Crippen LogP) is 1.96. The third kappa shape index (κ3) is 3.22. The number of nitrogens with two attached hydrogens (primary N) is 1. The Morgan fingerprint density at radius 1 is 1.20 bits per heavy atom. The molecule has 0 fully saturated rings. The number of aliphatic hydroxyl groups is 1. The molecule has 0 spiro atoms. The van der Waals surface area contributed by atoms with Crippen molar-refractivity contribution < 1.29 is 18.3 Å². The number of anilines is 1. The van der Waals surface area contributed by atoms with Gasteiger partial charge in [0.25, 0.3) is 10.0 Å². The molecule has 0 aromatic heterocycles. The first-order valence-corrected chi connectivity index (χ1v) is 9.49. The fraction of sp³-hybridized carbons (Fsp3) is 0.333. The molecule has 2 aromatic carbocycles. The van der Waals surface area contributed by atoms with Gasteiger partial charge in [-0.2, -0.15) is 0 Å². The molecule has 0 radical (unpaired) electrons. The molecule has 1 heterocycles. The van der Waals surface area contributed by atoms with Crippen LogP contribution in [0.1, 0.15) is 23.7 Å². The average Bonchev–Trinajstić information content (AvgIpc) is 2.72. The number of aryl methyl sites for hydroxylation is 1. The molecule has 0 unspecified atom stereocenters. The maximum absolute atomic E-state index is 13.2. The van der Waals surface area contributed by atoms with Gasteiger partial charge in [0.05, 0.1) is 23.8 Å². The van der Waals surface area contributed by atoms with Gasteiger partial charge in [-0.25, -0.2) is 8.42 Å². The van der Waals surface area contributed by atoms with Crippen LogP contribution < -0.4 is 14.8 Å². The van der Waals surface area contributed by atoms with Crippen molar-refractivity contribution in [2.75, 3.05) is 18.0 Å². The minimum atomic E-state index is -3.78. The fourth-order valence-corrected chi connectivity index (χ4v) is 4.48. The average molecular weight is 362 g/mol. The monoisotopic (exact) mass is 362 g/mol. The number of fused-ring (bicyclic) bond motifs is 1. The highest BCUT2D eigenvalue weighted by molar-refractivity contribution is 7.92. The molecule has 0 amide bonds. The number of ether oxygens (including phenoxy) is 1. The molecule has 6 nitrogen and oxygen atoms in total. The molecular weight excluding hydrogens is 340 g/mol. The van der Waals surface area contributed by atoms with Gasteiger partial charge in [-0.05, 0) is 31.5 Å². The van der Waals surface area contributed by atoms with Gasteiger partial charge in [0.15, 0.2) is 0 Å². The molecule has 2 atom stereocenters. The first-order valence-electron chi connectivity index (χ1n) is 8.05. The van der Waals surface area contributed by atoms with E-state index in [0.29, 0.717) is 23.4 Å². The number of rotatable bonds is 3. The number of hydrogen-bond donors (Lipinski definition) is 2. The first-order chi connectivity index (χ1) is 11.8. The Bertz CT molecular complexity index is 865. The van der Waals surface area contributed by atoms with Gasteiger partial charge in [0.1, 0.15) is 5.75 Å². The van der Waals surface area contributed by atoms with Gasteiger partial charge in [-0.1, -0.05) is 23.8 Å². The zero-order valence-electron chi connectivity index (χ0n) is 14.2. The highest BCUT2D eigenvalue weighted by Crippen LogP contribution is 2.38. The quantitative estimate of drug-likeness (QED) is 0.871. The largest absolute Gasteiger partial charge is 0.497 e. The van der Waals surface area contributed by atoms with Crippen LogP contribution >= 0.6 is 0 Å². The second kappa shape index (κ2) is 6.67. The first kappa shape index (κ1) is 17.7. The van der Waals surface area contributed by atoms with Crippen LogP contribution in [-0.4, -0.2) is 33.2 Å². The summed E-state index contributed by atoms with van der Waals surface area (Å²) >= 11 is 0. The van der Waals surface area contributed by atoms with Crippen LogP contribution in [-0.2, 0) is 10.0 Å². The van der Waals surface area contributed by atoms with E-state index < -0.39 is 22.2 Å². The lowest BCUT2D eigenvalue weighted by atomic mass is 10.0. The van der Waals surface area contributed by atoms with E-state index in [9.17, 15) is 13.5 Å². The summed E-state index contributed by atoms with van der Waals surface area (Å²) in [6, 6.07) is 11.2. The summed E-state index contributed by atoms with van der Waals surface area (Å²) in [6.45, 7) is 2.09. The van der Waals surface area contributed by atoms with E-state index in [2.05, 4.69) is 0 Å². The van der Waals surface area contributed by atoms with Crippen LogP contribution in [0.5, 0.6) is 5.75 Å². The van der Waals surface area contributed by atoms with Gasteiger partial charge >= 0.3 is 0 Å². The van der Waals surface area contributed by atoms with E-state index in [-0.39, 0.29) is 11.4 Å². The minimum absolute atomic E-state index is 0.189. The van der Waals surface area contributed by atoms with Crippen molar-refractivity contribution in [3.05, 3.63) is 53.6 Å². The molecule has 2 aromatic rings. The Kier molecular flexibility index (Phi) is 4.73. The summed E-state index contributed by atoms with van der Waals surface area (Å²) in [5.41, 5.74) is 7.90. The van der Waals surface area contributed by atoms with Crippen molar-refractivity contribution in [1.82, 2.24) is 0 Å². The van der Waals surface area contributed by atoms with E-state index >= 15 is 0 Å². The third-order valence-corrected chi connectivity index (χ3v) is 6.33. The van der Waals surface area contributed by atoms with Crippen molar-refractivity contribution in [3.63, 3.8) is 0 Å². The number of sulfonamides is 1. The number of hydrogen-bond acceptors (Lipinski definition) is 5. The second-order valence-corrected chi connectivity index (χ2v) is 8.07. The lowest BCUT2D eigenvalue weighted by Gasteiger charge is -2.25. The van der Waals surface area contributed by atoms with E-state index in [0.717, 1.165) is 5.56 Å². The third-order valence-electron chi connectivity index (χ3n) is 4.50. The Morgan fingerprint density at radius 2 is 1.88 bits per heavy atom. The standard InChI is InChI=1S/C18H22N2O4S/c1-12-3-6-14(7-4-12)25(22,23)20-10-9-16(19)18(21)15-8-5-13(24-2)11-17(15)20/h3-8,11,16,18,21H,9-10,19H2,1-2H3/t16-,18+/m0/s1. The van der Waals surface area contributed by atoms with Gasteiger partial charge in [0, 0.05) is 24.2 Å². The van der Waals surface area contributed by atoms with Crippen LogP contribution in [0.15, 0.2) is 47.4 Å². The van der Waals surface area contributed by atoms with Crippen LogP contribution in [0.4, 0.5) is 5.69 Å². The summed E-state index contributed by atoms with van der Waals surface area (Å²) in [7, 11) is -2.26. The summed E-state index contributed by atoms with van der Waals surface area (Å²) in [6.07, 6.45) is -0.581. The number of benzene rings is 2. The van der Waals surface area contributed by atoms with Gasteiger partial charge in [-0.3, -0.25) is 4.31 Å². The molecule has 0 aliphatic carbocycles. The van der Waals surface area contributed by atoms with Gasteiger partial charge in [0.2, 0.25) is 0 Å². The number of aliphatic hydroxyl groups excluding tert-OH is 1. The number of nitrogens with zero attached hydrogens (tertiary/aromatic N) is 1. The van der Waals surface area contributed by atoms with E-state index in [1.165, 1.54) is 11.4 Å². The molecule has 134 valence electrons. The zero-order valence-corrected chi connectivity index (χ0v) is 15.0. The summed E-state index contributed by atoms with van der Waals surface area (Å²) < 4.78 is 32.9. The smallest absolute Gasteiger partial charge is 0.264 e. The van der Waals surface area contributed by atoms with Gasteiger partial charge < -0.3 is 15.6 Å². The molecule has 1 aliphatic rings. The van der Waals surface area contributed by atoms with Crippen LogP contribution in [0, 0.1) is 6.92 Å². The lowest BCUT2D eigenvalue weighted by molar-refractivity contribution is 0.146. The van der Waals surface area contributed by atoms with Crippen LogP contribution in [0.2, 0.25) is 0 Å². The lowest BCUT2D eigenvalue weighted by Crippen LogP contribution is -2.34. The molecule has 25 heavy (non-hydrogen) atoms. The van der Waals surface area contributed by atoms with Crippen molar-refractivity contribution in [2.45, 2.75) is 30.4 Å². The SMILES string of the molecule is COc1ccc2c(c1)N(S(=O)(=O)c1ccc(C)cc1)CC[C@H](N)[C@@H]2O. The number of methoxy groups -OCH3 is 1. The van der Waals surface area contributed by atoms with E-state index in [4.69, 9.17) is 10.5 Å². The molecule has 0 saturated heterocycles. The van der Waals surface area contributed by atoms with E-state index in [1.807, 2.05) is 6.92 Å². The molecule has 3 N–H and O–H groups in total. The van der Waals surface area contributed by atoms with E-state index in [1.54, 1.807) is 42.5 Å². The summed E-state index contributed by atoms with van der Waals surface area (Å²) in [4.78, 5) is 0.205. The van der Waals surface area contributed by atoms with Crippen molar-refractivity contribution in [1.29, 1.82) is 0 Å². The van der Waals surface area contributed by atoms with Gasteiger partial charge in [-0.15, -0.1) is 0 Å². The maximum Gasteiger partial charge on any atom is 0.264 e. The Morgan fingerprint density at radius 3 is 2.52 bits per heavy atom. The molecule has 0 saturated carbocycles. The highest BCUT2D eigenvalue weighted by atomic mass is 32.2. The van der Waals surface area contributed by atoms with Crippen molar-refractivity contribution >= 4 is 15.7 Å². The predicted molar refractivity (Wildman–Crippen MR) is 96.3 cm³/mol.